The van der Waals surface area contributed by atoms with Crippen LogP contribution in [0.3, 0.4) is 0 Å². The maximum absolute atomic E-state index is 11.7. The van der Waals surface area contributed by atoms with E-state index in [9.17, 15) is 4.79 Å². The normalized spacial score (nSPS) is 43.5. The van der Waals surface area contributed by atoms with Crippen molar-refractivity contribution in [3.05, 3.63) is 11.3 Å². The highest BCUT2D eigenvalue weighted by molar-refractivity contribution is 14.1. The summed E-state index contributed by atoms with van der Waals surface area (Å²) < 4.78 is 11.8. The minimum Gasteiger partial charge on any atom is -0.490 e. The molecule has 0 unspecified atom stereocenters. The largest absolute Gasteiger partial charge is 0.490 e. The average molecular weight is 320 g/mol. The zero-order chi connectivity index (χ0) is 10.6. The fraction of sp³-hybridized carbons (Fsp3) is 0.727. The van der Waals surface area contributed by atoms with Crippen LogP contribution in [0.4, 0.5) is 0 Å². The number of hydrogen-bond acceptors (Lipinski definition) is 3. The number of halogens is 1. The van der Waals surface area contributed by atoms with Gasteiger partial charge in [0.05, 0.1) is 9.50 Å². The fourth-order valence-electron chi connectivity index (χ4n) is 2.57. The summed E-state index contributed by atoms with van der Waals surface area (Å²) >= 11 is 2.40. The van der Waals surface area contributed by atoms with Crippen molar-refractivity contribution in [2.45, 2.75) is 48.2 Å². The molecule has 0 aromatic rings. The Hall–Kier alpha value is -0.260. The van der Waals surface area contributed by atoms with Gasteiger partial charge in [0.15, 0.2) is 0 Å². The number of ether oxygens (including phenoxy) is 2. The lowest BCUT2D eigenvalue weighted by Gasteiger charge is -2.39. The van der Waals surface area contributed by atoms with Gasteiger partial charge >= 0.3 is 5.97 Å². The average Bonchev–Trinajstić information content (AvgIpc) is 2.27. The number of carbonyl (C=O) groups excluding carboxylic acids is 1. The SMILES string of the molecule is C[C@]12CC[C@H]3CC(=C(C[C@@H]1I)C(=O)O3)O2. The molecule has 0 aromatic heterocycles. The molecule has 0 N–H and O–H groups in total. The van der Waals surface area contributed by atoms with Crippen LogP contribution in [0.5, 0.6) is 0 Å². The summed E-state index contributed by atoms with van der Waals surface area (Å²) in [6.07, 6.45) is 3.56. The molecule has 3 bridgehead atoms. The number of hydrogen-bond donors (Lipinski definition) is 0. The van der Waals surface area contributed by atoms with Gasteiger partial charge in [-0.25, -0.2) is 4.79 Å². The predicted octanol–water partition coefficient (Wildman–Crippen LogP) is 2.33. The lowest BCUT2D eigenvalue weighted by Crippen LogP contribution is -2.42. The number of rotatable bonds is 0. The highest BCUT2D eigenvalue weighted by Gasteiger charge is 2.47. The maximum atomic E-state index is 11.7. The van der Waals surface area contributed by atoms with Crippen molar-refractivity contribution in [3.63, 3.8) is 0 Å². The van der Waals surface area contributed by atoms with Crippen LogP contribution >= 0.6 is 22.6 Å². The Bertz CT molecular complexity index is 363. The second-order valence-corrected chi connectivity index (χ2v) is 6.26. The van der Waals surface area contributed by atoms with Crippen molar-refractivity contribution in [1.29, 1.82) is 0 Å². The molecule has 3 nitrogen and oxygen atoms in total. The minimum atomic E-state index is -0.146. The number of carbonyl (C=O) groups is 1. The van der Waals surface area contributed by atoms with Gasteiger partial charge in [0.1, 0.15) is 17.5 Å². The van der Waals surface area contributed by atoms with Gasteiger partial charge in [-0.3, -0.25) is 0 Å². The first-order valence-electron chi connectivity index (χ1n) is 5.34. The first-order chi connectivity index (χ1) is 7.08. The molecule has 0 aliphatic carbocycles. The maximum Gasteiger partial charge on any atom is 0.337 e. The van der Waals surface area contributed by atoms with Crippen LogP contribution in [0.25, 0.3) is 0 Å². The van der Waals surface area contributed by atoms with Crippen molar-refractivity contribution in [2.24, 2.45) is 0 Å². The van der Waals surface area contributed by atoms with E-state index in [0.29, 0.717) is 3.92 Å². The Morgan fingerprint density at radius 1 is 1.47 bits per heavy atom. The Labute approximate surface area is 102 Å². The van der Waals surface area contributed by atoms with E-state index in [1.54, 1.807) is 0 Å². The molecule has 0 aromatic carbocycles. The van der Waals surface area contributed by atoms with E-state index in [4.69, 9.17) is 9.47 Å². The summed E-state index contributed by atoms with van der Waals surface area (Å²) in [6.45, 7) is 2.15. The Balaban J connectivity index is 2.09. The lowest BCUT2D eigenvalue weighted by atomic mass is 9.90. The van der Waals surface area contributed by atoms with E-state index in [-0.39, 0.29) is 17.7 Å². The molecule has 82 valence electrons. The van der Waals surface area contributed by atoms with Gasteiger partial charge in [-0.2, -0.15) is 0 Å². The summed E-state index contributed by atoms with van der Waals surface area (Å²) in [6, 6.07) is 0. The smallest absolute Gasteiger partial charge is 0.337 e. The number of alkyl halides is 1. The van der Waals surface area contributed by atoms with Gasteiger partial charge < -0.3 is 9.47 Å². The molecule has 3 atom stereocenters. The van der Waals surface area contributed by atoms with Crippen LogP contribution in [-0.2, 0) is 14.3 Å². The van der Waals surface area contributed by atoms with Crippen LogP contribution in [-0.4, -0.2) is 21.6 Å². The molecule has 0 radical (unpaired) electrons. The van der Waals surface area contributed by atoms with Crippen molar-refractivity contribution in [3.8, 4) is 0 Å². The topological polar surface area (TPSA) is 35.5 Å². The van der Waals surface area contributed by atoms with Crippen LogP contribution < -0.4 is 0 Å². The molecular formula is C11H13IO3. The van der Waals surface area contributed by atoms with Crippen LogP contribution in [0.1, 0.15) is 32.6 Å². The molecular weight excluding hydrogens is 307 g/mol. The van der Waals surface area contributed by atoms with Gasteiger partial charge in [-0.15, -0.1) is 0 Å². The summed E-state index contributed by atoms with van der Waals surface area (Å²) in [5, 5.41) is 0. The monoisotopic (exact) mass is 320 g/mol. The minimum absolute atomic E-state index is 0.0553. The third-order valence-electron chi connectivity index (χ3n) is 3.63. The standard InChI is InChI=1S/C11H13IO3/c1-11-3-2-6-4-8(15-11)7(5-9(11)12)10(13)14-6/h6,9H,2-5H2,1H3/t6-,9-,11-/m0/s1. The molecule has 0 spiro atoms. The van der Waals surface area contributed by atoms with E-state index in [1.807, 2.05) is 0 Å². The molecule has 3 rings (SSSR count). The van der Waals surface area contributed by atoms with Crippen molar-refractivity contribution in [2.75, 3.05) is 0 Å². The van der Waals surface area contributed by atoms with Gasteiger partial charge in [0.25, 0.3) is 0 Å². The van der Waals surface area contributed by atoms with E-state index in [2.05, 4.69) is 29.5 Å². The molecule has 4 heteroatoms. The molecule has 15 heavy (non-hydrogen) atoms. The quantitative estimate of drug-likeness (QED) is 0.390. The first-order valence-corrected chi connectivity index (χ1v) is 6.59. The van der Waals surface area contributed by atoms with Crippen molar-refractivity contribution in [1.82, 2.24) is 0 Å². The first kappa shape index (κ1) is 9.93. The Morgan fingerprint density at radius 2 is 2.27 bits per heavy atom. The third-order valence-corrected chi connectivity index (χ3v) is 5.39. The number of esters is 1. The fourth-order valence-corrected chi connectivity index (χ4v) is 3.44. The Morgan fingerprint density at radius 3 is 3.07 bits per heavy atom. The predicted molar refractivity (Wildman–Crippen MR) is 62.7 cm³/mol. The van der Waals surface area contributed by atoms with E-state index in [1.165, 1.54) is 0 Å². The molecule has 3 aliphatic heterocycles. The molecule has 1 fully saturated rings. The van der Waals surface area contributed by atoms with Gasteiger partial charge in [0.2, 0.25) is 0 Å². The van der Waals surface area contributed by atoms with Crippen LogP contribution in [0, 0.1) is 0 Å². The highest BCUT2D eigenvalue weighted by Crippen LogP contribution is 2.46. The Kier molecular flexibility index (Phi) is 2.06. The van der Waals surface area contributed by atoms with E-state index in [0.717, 1.165) is 37.0 Å². The molecule has 1 saturated heterocycles. The molecule has 0 saturated carbocycles. The van der Waals surface area contributed by atoms with Crippen molar-refractivity contribution < 1.29 is 14.3 Å². The molecule has 0 amide bonds. The van der Waals surface area contributed by atoms with Crippen LogP contribution in [0.2, 0.25) is 0 Å². The number of fused-ring (bicyclic) bond motifs is 2. The van der Waals surface area contributed by atoms with Gasteiger partial charge in [-0.1, -0.05) is 22.6 Å². The van der Waals surface area contributed by atoms with Gasteiger partial charge in [0, 0.05) is 6.42 Å². The van der Waals surface area contributed by atoms with Crippen molar-refractivity contribution >= 4 is 28.6 Å². The van der Waals surface area contributed by atoms with Gasteiger partial charge in [-0.05, 0) is 26.2 Å². The zero-order valence-electron chi connectivity index (χ0n) is 8.59. The summed E-state index contributed by atoms with van der Waals surface area (Å²) in [7, 11) is 0. The summed E-state index contributed by atoms with van der Waals surface area (Å²) in [5.74, 6) is 0.760. The molecule has 3 aliphatic rings. The molecule has 3 heterocycles. The summed E-state index contributed by atoms with van der Waals surface area (Å²) in [5.41, 5.74) is 0.687. The van der Waals surface area contributed by atoms with E-state index >= 15 is 0 Å². The van der Waals surface area contributed by atoms with Crippen LogP contribution in [0.15, 0.2) is 11.3 Å². The second kappa shape index (κ2) is 3.12. The third kappa shape index (κ3) is 1.40. The van der Waals surface area contributed by atoms with E-state index < -0.39 is 0 Å². The second-order valence-electron chi connectivity index (χ2n) is 4.76. The zero-order valence-corrected chi connectivity index (χ0v) is 10.7. The lowest BCUT2D eigenvalue weighted by molar-refractivity contribution is -0.147. The highest BCUT2D eigenvalue weighted by atomic mass is 127. The summed E-state index contributed by atoms with van der Waals surface area (Å²) in [4.78, 5) is 11.7.